The van der Waals surface area contributed by atoms with Gasteiger partial charge in [0, 0.05) is 21.1 Å². The average molecular weight is 319 g/mol. The summed E-state index contributed by atoms with van der Waals surface area (Å²) in [5, 5.41) is 0. The van der Waals surface area contributed by atoms with E-state index in [2.05, 4.69) is 22.6 Å². The van der Waals surface area contributed by atoms with Crippen LogP contribution in [0.15, 0.2) is 15.7 Å². The first-order valence-electron chi connectivity index (χ1n) is 4.36. The molecule has 0 saturated heterocycles. The average Bonchev–Trinajstić information content (AvgIpc) is 2.50. The highest BCUT2D eigenvalue weighted by atomic mass is 127. The highest BCUT2D eigenvalue weighted by molar-refractivity contribution is 14.1. The van der Waals surface area contributed by atoms with Crippen molar-refractivity contribution in [2.45, 2.75) is 0 Å². The molecule has 2 rings (SSSR count). The predicted octanol–water partition coefficient (Wildman–Crippen LogP) is 0.180. The van der Waals surface area contributed by atoms with Crippen molar-refractivity contribution in [2.75, 3.05) is 0 Å². The number of nitrogens with zero attached hydrogens (tertiary/aromatic N) is 3. The molecule has 0 unspecified atom stereocenters. The Morgan fingerprint density at radius 2 is 1.67 bits per heavy atom. The van der Waals surface area contributed by atoms with Gasteiger partial charge in [0.1, 0.15) is 5.52 Å². The minimum absolute atomic E-state index is 0.251. The Morgan fingerprint density at radius 3 is 2.27 bits per heavy atom. The lowest BCUT2D eigenvalue weighted by Crippen LogP contribution is -2.37. The molecule has 80 valence electrons. The highest BCUT2D eigenvalue weighted by Crippen LogP contribution is 2.14. The minimum Gasteiger partial charge on any atom is -0.333 e. The fourth-order valence-electron chi connectivity index (χ4n) is 1.64. The molecular formula is C9H10IN3O2. The van der Waals surface area contributed by atoms with E-state index in [9.17, 15) is 9.59 Å². The third-order valence-corrected chi connectivity index (χ3v) is 3.63. The Morgan fingerprint density at radius 1 is 1.07 bits per heavy atom. The van der Waals surface area contributed by atoms with Gasteiger partial charge in [-0.1, -0.05) is 0 Å². The van der Waals surface area contributed by atoms with Crippen molar-refractivity contribution in [1.82, 2.24) is 13.7 Å². The molecule has 0 aliphatic rings. The molecule has 0 atom stereocenters. The van der Waals surface area contributed by atoms with Crippen molar-refractivity contribution in [2.24, 2.45) is 21.1 Å². The highest BCUT2D eigenvalue weighted by Gasteiger charge is 2.13. The van der Waals surface area contributed by atoms with E-state index in [4.69, 9.17) is 0 Å². The smallest absolute Gasteiger partial charge is 0.331 e. The molecule has 0 radical (unpaired) electrons. The summed E-state index contributed by atoms with van der Waals surface area (Å²) < 4.78 is 5.33. The van der Waals surface area contributed by atoms with E-state index >= 15 is 0 Å². The Bertz CT molecular complexity index is 663. The standard InChI is InChI=1S/C9H10IN3O2/c1-11-5-4-6(10)12(2)7(5)8(14)13(3)9(11)15/h4H,1-3H3. The van der Waals surface area contributed by atoms with Gasteiger partial charge in [-0.05, 0) is 28.7 Å². The molecular weight excluding hydrogens is 309 g/mol. The van der Waals surface area contributed by atoms with Crippen LogP contribution in [0.3, 0.4) is 0 Å². The first-order valence-corrected chi connectivity index (χ1v) is 5.44. The van der Waals surface area contributed by atoms with Crippen LogP contribution in [0.1, 0.15) is 0 Å². The molecule has 0 aliphatic heterocycles. The second kappa shape index (κ2) is 3.22. The van der Waals surface area contributed by atoms with Crippen LogP contribution in [0.25, 0.3) is 11.0 Å². The van der Waals surface area contributed by atoms with Crippen molar-refractivity contribution in [3.8, 4) is 0 Å². The second-order valence-corrected chi connectivity index (χ2v) is 4.57. The van der Waals surface area contributed by atoms with Crippen molar-refractivity contribution in [1.29, 1.82) is 0 Å². The molecule has 2 aromatic heterocycles. The van der Waals surface area contributed by atoms with Crippen LogP contribution in [0.2, 0.25) is 0 Å². The molecule has 0 N–H and O–H groups in total. The third-order valence-electron chi connectivity index (χ3n) is 2.60. The summed E-state index contributed by atoms with van der Waals surface area (Å²) >= 11 is 2.13. The summed E-state index contributed by atoms with van der Waals surface area (Å²) in [5.74, 6) is 0. The summed E-state index contributed by atoms with van der Waals surface area (Å²) in [6.45, 7) is 0. The third kappa shape index (κ3) is 1.27. The summed E-state index contributed by atoms with van der Waals surface area (Å²) in [6, 6.07) is 1.83. The number of aryl methyl sites for hydroxylation is 2. The van der Waals surface area contributed by atoms with Crippen LogP contribution in [-0.4, -0.2) is 13.7 Å². The summed E-state index contributed by atoms with van der Waals surface area (Å²) in [4.78, 5) is 23.5. The van der Waals surface area contributed by atoms with E-state index in [1.54, 1.807) is 11.6 Å². The number of fused-ring (bicyclic) bond motifs is 1. The number of hydrogen-bond donors (Lipinski definition) is 0. The van der Waals surface area contributed by atoms with Gasteiger partial charge in [0.2, 0.25) is 0 Å². The molecule has 2 aromatic rings. The molecule has 0 fully saturated rings. The zero-order valence-corrected chi connectivity index (χ0v) is 10.8. The van der Waals surface area contributed by atoms with Crippen molar-refractivity contribution in [3.05, 3.63) is 30.6 Å². The molecule has 5 nitrogen and oxygen atoms in total. The Balaban J connectivity index is 3.23. The molecule has 0 spiro atoms. The maximum Gasteiger partial charge on any atom is 0.331 e. The van der Waals surface area contributed by atoms with E-state index < -0.39 is 0 Å². The van der Waals surface area contributed by atoms with Crippen LogP contribution < -0.4 is 11.2 Å². The van der Waals surface area contributed by atoms with Crippen LogP contribution in [-0.2, 0) is 21.1 Å². The van der Waals surface area contributed by atoms with Gasteiger partial charge in [0.05, 0.1) is 9.22 Å². The Hall–Kier alpha value is -1.05. The van der Waals surface area contributed by atoms with Gasteiger partial charge in [0.25, 0.3) is 5.56 Å². The van der Waals surface area contributed by atoms with E-state index in [0.717, 1.165) is 8.27 Å². The fraction of sp³-hybridized carbons (Fsp3) is 0.333. The maximum atomic E-state index is 11.9. The van der Waals surface area contributed by atoms with E-state index in [0.29, 0.717) is 11.0 Å². The molecule has 15 heavy (non-hydrogen) atoms. The van der Waals surface area contributed by atoms with Crippen LogP contribution in [0.5, 0.6) is 0 Å². The maximum absolute atomic E-state index is 11.9. The van der Waals surface area contributed by atoms with Crippen LogP contribution in [0, 0.1) is 3.70 Å². The minimum atomic E-state index is -0.297. The van der Waals surface area contributed by atoms with Gasteiger partial charge >= 0.3 is 5.69 Å². The monoisotopic (exact) mass is 319 g/mol. The number of hydrogen-bond acceptors (Lipinski definition) is 2. The van der Waals surface area contributed by atoms with Gasteiger partial charge < -0.3 is 4.57 Å². The normalized spacial score (nSPS) is 11.2. The zero-order chi connectivity index (χ0) is 11.3. The first kappa shape index (κ1) is 10.5. The van der Waals surface area contributed by atoms with E-state index in [1.807, 2.05) is 13.1 Å². The van der Waals surface area contributed by atoms with Gasteiger partial charge in [0.15, 0.2) is 0 Å². The lowest BCUT2D eigenvalue weighted by molar-refractivity contribution is 0.708. The molecule has 2 heterocycles. The summed E-state index contributed by atoms with van der Waals surface area (Å²) in [7, 11) is 4.97. The topological polar surface area (TPSA) is 48.9 Å². The molecule has 0 amide bonds. The van der Waals surface area contributed by atoms with Crippen LogP contribution in [0.4, 0.5) is 0 Å². The number of aromatic nitrogens is 3. The summed E-state index contributed by atoms with van der Waals surface area (Å²) in [6.07, 6.45) is 0. The molecule has 0 aromatic carbocycles. The Kier molecular flexibility index (Phi) is 2.25. The van der Waals surface area contributed by atoms with Gasteiger partial charge in [-0.2, -0.15) is 0 Å². The fourth-order valence-corrected chi connectivity index (χ4v) is 2.18. The quantitative estimate of drug-likeness (QED) is 0.651. The molecule has 0 saturated carbocycles. The lowest BCUT2D eigenvalue weighted by atomic mass is 10.4. The first-order chi connectivity index (χ1) is 6.95. The SMILES string of the molecule is Cn1c(=O)c2c(cc(I)n2C)n(C)c1=O. The van der Waals surface area contributed by atoms with Crippen molar-refractivity contribution >= 4 is 33.6 Å². The Labute approximate surface area is 99.1 Å². The number of halogens is 1. The van der Waals surface area contributed by atoms with E-state index in [1.165, 1.54) is 11.6 Å². The summed E-state index contributed by atoms with van der Waals surface area (Å²) in [5.41, 5.74) is 0.687. The molecule has 0 bridgehead atoms. The van der Waals surface area contributed by atoms with Crippen LogP contribution >= 0.6 is 22.6 Å². The second-order valence-electron chi connectivity index (χ2n) is 3.47. The van der Waals surface area contributed by atoms with Gasteiger partial charge in [-0.15, -0.1) is 0 Å². The van der Waals surface area contributed by atoms with Gasteiger partial charge in [-0.25, -0.2) is 4.79 Å². The predicted molar refractivity (Wildman–Crippen MR) is 66.1 cm³/mol. The molecule has 6 heteroatoms. The molecule has 0 aliphatic carbocycles. The van der Waals surface area contributed by atoms with E-state index in [-0.39, 0.29) is 11.2 Å². The van der Waals surface area contributed by atoms with Gasteiger partial charge in [-0.3, -0.25) is 13.9 Å². The number of rotatable bonds is 0. The lowest BCUT2D eigenvalue weighted by Gasteiger charge is -2.04. The largest absolute Gasteiger partial charge is 0.333 e. The zero-order valence-electron chi connectivity index (χ0n) is 8.61. The van der Waals surface area contributed by atoms with Crippen molar-refractivity contribution in [3.63, 3.8) is 0 Å². The van der Waals surface area contributed by atoms with Crippen molar-refractivity contribution < 1.29 is 0 Å².